The molecule has 0 unspecified atom stereocenters. The maximum Gasteiger partial charge on any atom is 0.283 e. The molecule has 4 rings (SSSR count). The highest BCUT2D eigenvalue weighted by molar-refractivity contribution is 8.26. The van der Waals surface area contributed by atoms with Crippen LogP contribution >= 0.6 is 23.4 Å². The zero-order valence-electron chi connectivity index (χ0n) is 21.5. The number of halogens is 1. The van der Waals surface area contributed by atoms with Crippen LogP contribution in [0.4, 0.5) is 0 Å². The molecule has 0 aromatic heterocycles. The van der Waals surface area contributed by atoms with Crippen LogP contribution in [-0.2, 0) is 4.79 Å². The van der Waals surface area contributed by atoms with Crippen LogP contribution in [0.1, 0.15) is 38.2 Å². The number of benzene rings is 2. The van der Waals surface area contributed by atoms with Crippen molar-refractivity contribution in [1.82, 2.24) is 5.01 Å². The molecule has 2 aromatic carbocycles. The van der Waals surface area contributed by atoms with Gasteiger partial charge in [-0.2, -0.15) is 15.1 Å². The standard InChI is InChI=1S/C27H29ClN4O5S/c1-4-5-6-11-23-31-32-25(29)18(26(33)30-27(32)38-23)14-17-15-21(34-2)24(22(16-17)35-3)37-13-12-36-20-10-8-7-9-19(20)28/h7-10,14-16,29H,4-6,11-13H2,1-3H3/b18-14-,29-25?. The topological polar surface area (TPSA) is 106 Å². The number of amidine groups is 2. The zero-order chi connectivity index (χ0) is 27.1. The van der Waals surface area contributed by atoms with Crippen LogP contribution < -0.4 is 18.9 Å². The predicted molar refractivity (Wildman–Crippen MR) is 151 cm³/mol. The Morgan fingerprint density at radius 1 is 1.05 bits per heavy atom. The Labute approximate surface area is 231 Å². The van der Waals surface area contributed by atoms with Crippen LogP contribution in [0.2, 0.25) is 5.02 Å². The molecule has 0 bridgehead atoms. The molecular weight excluding hydrogens is 528 g/mol. The molecule has 9 nitrogen and oxygen atoms in total. The number of nitrogens with zero attached hydrogens (tertiary/aromatic N) is 3. The molecule has 0 aliphatic carbocycles. The number of hydrogen-bond acceptors (Lipinski definition) is 8. The molecule has 0 saturated heterocycles. The Bertz CT molecular complexity index is 1290. The Morgan fingerprint density at radius 3 is 2.45 bits per heavy atom. The van der Waals surface area contributed by atoms with Gasteiger partial charge in [-0.05, 0) is 60.5 Å². The van der Waals surface area contributed by atoms with E-state index in [-0.39, 0.29) is 24.6 Å². The summed E-state index contributed by atoms with van der Waals surface area (Å²) in [6.45, 7) is 2.61. The lowest BCUT2D eigenvalue weighted by Gasteiger charge is -2.20. The number of fused-ring (bicyclic) bond motifs is 1. The number of hydrogen-bond donors (Lipinski definition) is 1. The minimum absolute atomic E-state index is 0.0204. The van der Waals surface area contributed by atoms with Gasteiger partial charge in [-0.15, -0.1) is 0 Å². The lowest BCUT2D eigenvalue weighted by molar-refractivity contribution is -0.114. The summed E-state index contributed by atoms with van der Waals surface area (Å²) in [5.41, 5.74) is 0.711. The maximum atomic E-state index is 12.8. The quantitative estimate of drug-likeness (QED) is 0.252. The highest BCUT2D eigenvalue weighted by Crippen LogP contribution is 2.40. The highest BCUT2D eigenvalue weighted by atomic mass is 35.5. The van der Waals surface area contributed by atoms with E-state index >= 15 is 0 Å². The summed E-state index contributed by atoms with van der Waals surface area (Å²) in [6.07, 6.45) is 5.60. The van der Waals surface area contributed by atoms with Crippen molar-refractivity contribution in [2.75, 3.05) is 27.4 Å². The SMILES string of the molecule is CCCCCC1=NN2C(=N)/C(=C/c3cc(OC)c(OCCOc4ccccc4Cl)c(OC)c3)C(=O)N=C2S1. The van der Waals surface area contributed by atoms with E-state index in [1.54, 1.807) is 30.3 Å². The second-order valence-corrected chi connectivity index (χ2v) is 9.80. The molecule has 0 saturated carbocycles. The smallest absolute Gasteiger partial charge is 0.283 e. The van der Waals surface area contributed by atoms with Crippen LogP contribution in [0, 0.1) is 5.41 Å². The van der Waals surface area contributed by atoms with Gasteiger partial charge in [0.05, 0.1) is 24.8 Å². The number of thioether (sulfide) groups is 1. The fourth-order valence-corrected chi connectivity index (χ4v) is 4.93. The summed E-state index contributed by atoms with van der Waals surface area (Å²) < 4.78 is 22.7. The van der Waals surface area contributed by atoms with E-state index in [1.807, 2.05) is 12.1 Å². The van der Waals surface area contributed by atoms with E-state index < -0.39 is 5.91 Å². The van der Waals surface area contributed by atoms with Gasteiger partial charge in [0, 0.05) is 0 Å². The number of carbonyl (C=O) groups excluding carboxylic acids is 1. The molecule has 0 radical (unpaired) electrons. The average Bonchev–Trinajstić information content (AvgIpc) is 3.32. The van der Waals surface area contributed by atoms with E-state index in [9.17, 15) is 4.79 Å². The summed E-state index contributed by atoms with van der Waals surface area (Å²) in [5.74, 6) is 1.25. The van der Waals surface area contributed by atoms with Crippen molar-refractivity contribution < 1.29 is 23.7 Å². The molecule has 0 fully saturated rings. The first kappa shape index (κ1) is 27.5. The molecule has 2 aliphatic heterocycles. The minimum atomic E-state index is -0.492. The number of para-hydroxylation sites is 1. The van der Waals surface area contributed by atoms with Crippen molar-refractivity contribution in [2.24, 2.45) is 10.1 Å². The summed E-state index contributed by atoms with van der Waals surface area (Å²) in [4.78, 5) is 17.0. The van der Waals surface area contributed by atoms with Crippen LogP contribution in [0.25, 0.3) is 6.08 Å². The van der Waals surface area contributed by atoms with Gasteiger partial charge in [-0.1, -0.05) is 43.5 Å². The van der Waals surface area contributed by atoms with Gasteiger partial charge in [0.15, 0.2) is 17.3 Å². The summed E-state index contributed by atoms with van der Waals surface area (Å²) in [5, 5.41) is 16.4. The molecule has 0 atom stereocenters. The molecule has 11 heteroatoms. The highest BCUT2D eigenvalue weighted by Gasteiger charge is 2.35. The van der Waals surface area contributed by atoms with Crippen LogP contribution in [0.15, 0.2) is 52.1 Å². The van der Waals surface area contributed by atoms with Gasteiger partial charge < -0.3 is 18.9 Å². The van der Waals surface area contributed by atoms with Crippen LogP contribution in [0.5, 0.6) is 23.0 Å². The fourth-order valence-electron chi connectivity index (χ4n) is 3.81. The van der Waals surface area contributed by atoms with E-state index in [1.165, 1.54) is 31.0 Å². The Kier molecular flexibility index (Phi) is 9.30. The van der Waals surface area contributed by atoms with E-state index in [0.717, 1.165) is 30.7 Å². The first-order valence-corrected chi connectivity index (χ1v) is 13.4. The van der Waals surface area contributed by atoms with Gasteiger partial charge in [0.2, 0.25) is 10.9 Å². The summed E-state index contributed by atoms with van der Waals surface area (Å²) in [6, 6.07) is 10.6. The van der Waals surface area contributed by atoms with Crippen molar-refractivity contribution in [1.29, 1.82) is 5.41 Å². The van der Waals surface area contributed by atoms with Crippen LogP contribution in [0.3, 0.4) is 0 Å². The van der Waals surface area contributed by atoms with Gasteiger partial charge in [-0.25, -0.2) is 0 Å². The van der Waals surface area contributed by atoms with Crippen molar-refractivity contribution in [3.05, 3.63) is 52.6 Å². The van der Waals surface area contributed by atoms with Crippen molar-refractivity contribution in [2.45, 2.75) is 32.6 Å². The molecule has 0 spiro atoms. The number of nitrogens with one attached hydrogen (secondary N) is 1. The number of hydrazone groups is 1. The third kappa shape index (κ3) is 6.31. The van der Waals surface area contributed by atoms with Gasteiger partial charge in [0.25, 0.3) is 5.91 Å². The van der Waals surface area contributed by atoms with E-state index in [2.05, 4.69) is 17.0 Å². The number of ether oxygens (including phenoxy) is 4. The normalized spacial score (nSPS) is 15.8. The van der Waals surface area contributed by atoms with Crippen molar-refractivity contribution in [3.63, 3.8) is 0 Å². The third-order valence-electron chi connectivity index (χ3n) is 5.71. The molecule has 1 amide bonds. The van der Waals surface area contributed by atoms with Crippen molar-refractivity contribution in [3.8, 4) is 23.0 Å². The van der Waals surface area contributed by atoms with Gasteiger partial charge >= 0.3 is 0 Å². The molecule has 1 N–H and O–H groups in total. The van der Waals surface area contributed by atoms with Crippen molar-refractivity contribution >= 4 is 51.4 Å². The monoisotopic (exact) mass is 556 g/mol. The predicted octanol–water partition coefficient (Wildman–Crippen LogP) is 6.01. The third-order valence-corrected chi connectivity index (χ3v) is 6.99. The number of rotatable bonds is 12. The van der Waals surface area contributed by atoms with E-state index in [4.69, 9.17) is 36.0 Å². The molecule has 2 aromatic rings. The van der Waals surface area contributed by atoms with Gasteiger partial charge in [0.1, 0.15) is 24.0 Å². The van der Waals surface area contributed by atoms with Gasteiger partial charge in [-0.3, -0.25) is 10.2 Å². The molecule has 2 heterocycles. The molecule has 200 valence electrons. The molecule has 38 heavy (non-hydrogen) atoms. The second kappa shape index (κ2) is 12.8. The number of amides is 1. The number of aliphatic imine (C=N–C) groups is 1. The second-order valence-electron chi connectivity index (χ2n) is 8.35. The Morgan fingerprint density at radius 2 is 1.76 bits per heavy atom. The average molecular weight is 557 g/mol. The summed E-state index contributed by atoms with van der Waals surface area (Å²) in [7, 11) is 3.03. The first-order valence-electron chi connectivity index (χ1n) is 12.2. The summed E-state index contributed by atoms with van der Waals surface area (Å²) >= 11 is 7.47. The lowest BCUT2D eigenvalue weighted by atomic mass is 10.1. The lowest BCUT2D eigenvalue weighted by Crippen LogP contribution is -2.35. The number of methoxy groups -OCH3 is 2. The maximum absolute atomic E-state index is 12.8. The number of unbranched alkanes of at least 4 members (excludes halogenated alkanes) is 2. The fraction of sp³-hybridized carbons (Fsp3) is 0.333. The first-order chi connectivity index (χ1) is 18.4. The molecule has 2 aliphatic rings. The molecular formula is C27H29ClN4O5S. The van der Waals surface area contributed by atoms with E-state index in [0.29, 0.717) is 38.8 Å². The minimum Gasteiger partial charge on any atom is -0.493 e. The number of carbonyl (C=O) groups is 1. The Balaban J connectivity index is 1.50. The zero-order valence-corrected chi connectivity index (χ0v) is 23.0. The largest absolute Gasteiger partial charge is 0.493 e. The van der Waals surface area contributed by atoms with Crippen LogP contribution in [-0.4, -0.2) is 54.4 Å². The Hall–Kier alpha value is -3.50.